The van der Waals surface area contributed by atoms with Gasteiger partial charge in [-0.3, -0.25) is 9.36 Å². The summed E-state index contributed by atoms with van der Waals surface area (Å²) in [7, 11) is 0. The summed E-state index contributed by atoms with van der Waals surface area (Å²) in [5, 5.41) is 12.0. The number of amides is 1. The third-order valence-electron chi connectivity index (χ3n) is 5.00. The number of benzene rings is 2. The molecule has 1 heterocycles. The Morgan fingerprint density at radius 1 is 1.10 bits per heavy atom. The highest BCUT2D eigenvalue weighted by Gasteiger charge is 2.25. The first-order valence-corrected chi connectivity index (χ1v) is 11.3. The van der Waals surface area contributed by atoms with E-state index >= 15 is 0 Å². The van der Waals surface area contributed by atoms with Crippen LogP contribution in [0.15, 0.2) is 59.8 Å². The zero-order valence-electron chi connectivity index (χ0n) is 17.7. The van der Waals surface area contributed by atoms with Gasteiger partial charge >= 0.3 is 0 Å². The highest BCUT2D eigenvalue weighted by molar-refractivity contribution is 7.99. The van der Waals surface area contributed by atoms with Crippen molar-refractivity contribution >= 4 is 29.3 Å². The van der Waals surface area contributed by atoms with E-state index < -0.39 is 6.04 Å². The second-order valence-corrected chi connectivity index (χ2v) is 8.51. The van der Waals surface area contributed by atoms with Gasteiger partial charge in [-0.25, -0.2) is 0 Å². The third kappa shape index (κ3) is 5.21. The van der Waals surface area contributed by atoms with Gasteiger partial charge in [0, 0.05) is 11.4 Å². The fourth-order valence-electron chi connectivity index (χ4n) is 3.40. The molecule has 3 rings (SSSR count). The maximum Gasteiger partial charge on any atom is 0.247 e. The van der Waals surface area contributed by atoms with Crippen LogP contribution in [0.3, 0.4) is 0 Å². The van der Waals surface area contributed by atoms with E-state index in [2.05, 4.69) is 41.5 Å². The van der Waals surface area contributed by atoms with Crippen molar-refractivity contribution in [1.82, 2.24) is 14.8 Å². The Morgan fingerprint density at radius 2 is 1.80 bits per heavy atom. The molecule has 1 aromatic heterocycles. The highest BCUT2D eigenvalue weighted by Crippen LogP contribution is 2.29. The lowest BCUT2D eigenvalue weighted by molar-refractivity contribution is -0.119. The van der Waals surface area contributed by atoms with E-state index in [0.29, 0.717) is 17.5 Å². The van der Waals surface area contributed by atoms with Crippen LogP contribution in [0.2, 0.25) is 0 Å². The molecule has 0 bridgehead atoms. The number of nitrogens with one attached hydrogen (secondary N) is 1. The molecule has 1 amide bonds. The van der Waals surface area contributed by atoms with E-state index in [0.717, 1.165) is 23.4 Å². The number of aryl methyl sites for hydroxylation is 1. The molecule has 7 heteroatoms. The molecule has 0 saturated heterocycles. The van der Waals surface area contributed by atoms with Gasteiger partial charge in [-0.2, -0.15) is 0 Å². The van der Waals surface area contributed by atoms with Crippen LogP contribution in [0.25, 0.3) is 0 Å². The summed E-state index contributed by atoms with van der Waals surface area (Å²) in [6, 6.07) is 17.7. The SMILES string of the molecule is CCC(C(=O)Nc1ccccc1C(C)C)n1c(N)nnc1SCCc1ccccc1. The van der Waals surface area contributed by atoms with E-state index in [1.807, 2.05) is 49.4 Å². The summed E-state index contributed by atoms with van der Waals surface area (Å²) in [5.41, 5.74) is 9.31. The van der Waals surface area contributed by atoms with Gasteiger partial charge in [-0.05, 0) is 36.0 Å². The summed E-state index contributed by atoms with van der Waals surface area (Å²) < 4.78 is 1.75. The molecule has 2 aromatic carbocycles. The fourth-order valence-corrected chi connectivity index (χ4v) is 4.38. The van der Waals surface area contributed by atoms with Gasteiger partial charge in [-0.1, -0.05) is 81.1 Å². The Morgan fingerprint density at radius 3 is 2.50 bits per heavy atom. The van der Waals surface area contributed by atoms with Gasteiger partial charge in [0.25, 0.3) is 0 Å². The lowest BCUT2D eigenvalue weighted by atomic mass is 10.0. The molecule has 1 atom stereocenters. The normalized spacial score (nSPS) is 12.1. The smallest absolute Gasteiger partial charge is 0.247 e. The van der Waals surface area contributed by atoms with Gasteiger partial charge in [0.2, 0.25) is 11.9 Å². The molecule has 0 saturated carbocycles. The number of nitrogens with zero attached hydrogens (tertiary/aromatic N) is 3. The van der Waals surface area contributed by atoms with Crippen molar-refractivity contribution < 1.29 is 4.79 Å². The number of thioether (sulfide) groups is 1. The molecular formula is C23H29N5OS. The minimum Gasteiger partial charge on any atom is -0.368 e. The number of carbonyl (C=O) groups excluding carboxylic acids is 1. The van der Waals surface area contributed by atoms with Crippen molar-refractivity contribution in [3.8, 4) is 0 Å². The Labute approximate surface area is 182 Å². The van der Waals surface area contributed by atoms with E-state index in [4.69, 9.17) is 5.73 Å². The zero-order chi connectivity index (χ0) is 21.5. The molecule has 30 heavy (non-hydrogen) atoms. The number of carbonyl (C=O) groups is 1. The highest BCUT2D eigenvalue weighted by atomic mass is 32.2. The maximum atomic E-state index is 13.2. The minimum atomic E-state index is -0.473. The largest absolute Gasteiger partial charge is 0.368 e. The zero-order valence-corrected chi connectivity index (χ0v) is 18.5. The van der Waals surface area contributed by atoms with Gasteiger partial charge < -0.3 is 11.1 Å². The molecule has 0 spiro atoms. The molecule has 1 unspecified atom stereocenters. The number of hydrogen-bond donors (Lipinski definition) is 2. The van der Waals surface area contributed by atoms with Crippen molar-refractivity contribution in [2.75, 3.05) is 16.8 Å². The molecule has 0 radical (unpaired) electrons. The van der Waals surface area contributed by atoms with E-state index in [1.54, 1.807) is 16.3 Å². The van der Waals surface area contributed by atoms with Crippen LogP contribution >= 0.6 is 11.8 Å². The quantitative estimate of drug-likeness (QED) is 0.478. The van der Waals surface area contributed by atoms with Crippen molar-refractivity contribution in [2.24, 2.45) is 0 Å². The molecule has 3 N–H and O–H groups in total. The number of rotatable bonds is 9. The molecule has 0 fully saturated rings. The van der Waals surface area contributed by atoms with Crippen molar-refractivity contribution in [2.45, 2.75) is 50.7 Å². The van der Waals surface area contributed by atoms with Crippen LogP contribution in [-0.4, -0.2) is 26.4 Å². The van der Waals surface area contributed by atoms with E-state index in [-0.39, 0.29) is 11.9 Å². The standard InChI is InChI=1S/C23H29N5OS/c1-4-20(21(29)25-19-13-9-8-12-18(19)16(2)3)28-22(24)26-27-23(28)30-15-14-17-10-6-5-7-11-17/h5-13,16,20H,4,14-15H2,1-3H3,(H2,24,26)(H,25,29). The summed E-state index contributed by atoms with van der Waals surface area (Å²) in [5.74, 6) is 1.29. The molecule has 0 aliphatic rings. The van der Waals surface area contributed by atoms with Crippen molar-refractivity contribution in [3.63, 3.8) is 0 Å². The number of anilines is 2. The van der Waals surface area contributed by atoms with Crippen LogP contribution in [0.4, 0.5) is 11.6 Å². The summed E-state index contributed by atoms with van der Waals surface area (Å²) in [4.78, 5) is 13.2. The lowest BCUT2D eigenvalue weighted by Crippen LogP contribution is -2.27. The van der Waals surface area contributed by atoms with Crippen molar-refractivity contribution in [1.29, 1.82) is 0 Å². The van der Waals surface area contributed by atoms with Crippen LogP contribution in [0, 0.1) is 0 Å². The molecule has 0 aliphatic carbocycles. The van der Waals surface area contributed by atoms with Gasteiger partial charge in [-0.15, -0.1) is 10.2 Å². The third-order valence-corrected chi connectivity index (χ3v) is 5.94. The molecule has 0 aliphatic heterocycles. The molecular weight excluding hydrogens is 394 g/mol. The first-order valence-electron chi connectivity index (χ1n) is 10.3. The molecule has 158 valence electrons. The predicted molar refractivity (Wildman–Crippen MR) is 124 cm³/mol. The van der Waals surface area contributed by atoms with Crippen molar-refractivity contribution in [3.05, 3.63) is 65.7 Å². The van der Waals surface area contributed by atoms with Crippen LogP contribution in [0.5, 0.6) is 0 Å². The average Bonchev–Trinajstić information content (AvgIpc) is 3.10. The first kappa shape index (κ1) is 21.9. The monoisotopic (exact) mass is 423 g/mol. The fraction of sp³-hybridized carbons (Fsp3) is 0.348. The topological polar surface area (TPSA) is 85.8 Å². The summed E-state index contributed by atoms with van der Waals surface area (Å²) in [6.45, 7) is 6.19. The first-order chi connectivity index (χ1) is 14.5. The Balaban J connectivity index is 1.74. The minimum absolute atomic E-state index is 0.109. The number of nitrogens with two attached hydrogens (primary N) is 1. The number of para-hydroxylation sites is 1. The number of hydrogen-bond acceptors (Lipinski definition) is 5. The van der Waals surface area contributed by atoms with Gasteiger partial charge in [0.15, 0.2) is 5.16 Å². The second-order valence-electron chi connectivity index (χ2n) is 7.45. The average molecular weight is 424 g/mol. The maximum absolute atomic E-state index is 13.2. The van der Waals surface area contributed by atoms with Gasteiger partial charge in [0.05, 0.1) is 0 Å². The van der Waals surface area contributed by atoms with E-state index in [1.165, 1.54) is 5.56 Å². The summed E-state index contributed by atoms with van der Waals surface area (Å²) >= 11 is 1.57. The Kier molecular flexibility index (Phi) is 7.52. The Hall–Kier alpha value is -2.80. The number of nitrogen functional groups attached to an aromatic ring is 1. The summed E-state index contributed by atoms with van der Waals surface area (Å²) in [6.07, 6.45) is 1.49. The van der Waals surface area contributed by atoms with Crippen LogP contribution in [0.1, 0.15) is 50.3 Å². The lowest BCUT2D eigenvalue weighted by Gasteiger charge is -2.21. The van der Waals surface area contributed by atoms with Gasteiger partial charge in [0.1, 0.15) is 6.04 Å². The number of aromatic nitrogens is 3. The molecule has 6 nitrogen and oxygen atoms in total. The molecule has 3 aromatic rings. The Bertz CT molecular complexity index is 971. The van der Waals surface area contributed by atoms with Crippen LogP contribution in [-0.2, 0) is 11.2 Å². The predicted octanol–water partition coefficient (Wildman–Crippen LogP) is 4.91. The van der Waals surface area contributed by atoms with E-state index in [9.17, 15) is 4.79 Å². The van der Waals surface area contributed by atoms with Crippen LogP contribution < -0.4 is 11.1 Å². The second kappa shape index (κ2) is 10.3.